The summed E-state index contributed by atoms with van der Waals surface area (Å²) in [6, 6.07) is 13.6. The third-order valence-electron chi connectivity index (χ3n) is 3.21. The fourth-order valence-corrected chi connectivity index (χ4v) is 3.62. The Bertz CT molecular complexity index is 605. The Labute approximate surface area is 148 Å². The maximum Gasteiger partial charge on any atom is 0.138 e. The van der Waals surface area contributed by atoms with E-state index in [2.05, 4.69) is 37.2 Å². The van der Waals surface area contributed by atoms with E-state index in [0.29, 0.717) is 19.7 Å². The van der Waals surface area contributed by atoms with Crippen molar-refractivity contribution in [2.75, 3.05) is 13.2 Å². The maximum atomic E-state index is 10.2. The predicted octanol–water partition coefficient (Wildman–Crippen LogP) is 4.43. The molecule has 0 unspecified atom stereocenters. The Kier molecular flexibility index (Phi) is 6.89. The number of rotatable bonds is 7. The second kappa shape index (κ2) is 8.67. The first-order valence-electron chi connectivity index (χ1n) is 7.16. The van der Waals surface area contributed by atoms with Gasteiger partial charge in [-0.2, -0.15) is 0 Å². The van der Waals surface area contributed by atoms with Gasteiger partial charge in [-0.05, 0) is 40.5 Å². The van der Waals surface area contributed by atoms with Crippen LogP contribution in [0.4, 0.5) is 0 Å². The number of aliphatic hydroxyl groups excluding tert-OH is 1. The predicted molar refractivity (Wildman–Crippen MR) is 96.1 cm³/mol. The highest BCUT2D eigenvalue weighted by molar-refractivity contribution is 9.11. The van der Waals surface area contributed by atoms with Crippen LogP contribution >= 0.6 is 31.9 Å². The molecule has 0 aliphatic heterocycles. The minimum absolute atomic E-state index is 0.486. The van der Waals surface area contributed by atoms with Crippen molar-refractivity contribution in [1.82, 2.24) is 5.32 Å². The van der Waals surface area contributed by atoms with Crippen molar-refractivity contribution >= 4 is 31.9 Å². The molecule has 118 valence electrons. The standard InChI is InChI=1S/C17H19Br2NO2/c1-2-22-17-13(8-14(18)9-15(17)19)10-20-11-16(21)12-6-4-3-5-7-12/h3-9,16,20-21H,2,10-11H2,1H3/t16-/m0/s1. The van der Waals surface area contributed by atoms with Gasteiger partial charge in [0.05, 0.1) is 17.2 Å². The zero-order valence-corrected chi connectivity index (χ0v) is 15.5. The summed E-state index contributed by atoms with van der Waals surface area (Å²) < 4.78 is 7.60. The van der Waals surface area contributed by atoms with Crippen molar-refractivity contribution in [3.63, 3.8) is 0 Å². The number of hydrogen-bond acceptors (Lipinski definition) is 3. The Hall–Kier alpha value is -0.880. The molecule has 2 rings (SSSR count). The summed E-state index contributed by atoms with van der Waals surface area (Å²) in [5, 5.41) is 13.4. The molecule has 0 bridgehead atoms. The molecule has 2 aromatic carbocycles. The molecular weight excluding hydrogens is 410 g/mol. The van der Waals surface area contributed by atoms with Crippen LogP contribution in [0.15, 0.2) is 51.4 Å². The highest BCUT2D eigenvalue weighted by Gasteiger charge is 2.11. The number of nitrogens with one attached hydrogen (secondary N) is 1. The molecule has 0 aliphatic carbocycles. The quantitative estimate of drug-likeness (QED) is 0.685. The number of benzene rings is 2. The first-order valence-corrected chi connectivity index (χ1v) is 8.75. The number of ether oxygens (including phenoxy) is 1. The molecule has 0 aromatic heterocycles. The number of halogens is 2. The summed E-state index contributed by atoms with van der Waals surface area (Å²) in [5.41, 5.74) is 1.96. The molecule has 0 radical (unpaired) electrons. The third kappa shape index (κ3) is 4.81. The van der Waals surface area contributed by atoms with E-state index in [1.807, 2.05) is 49.4 Å². The minimum atomic E-state index is -0.521. The summed E-state index contributed by atoms with van der Waals surface area (Å²) in [6.07, 6.45) is -0.521. The van der Waals surface area contributed by atoms with Crippen molar-refractivity contribution < 1.29 is 9.84 Å². The topological polar surface area (TPSA) is 41.5 Å². The summed E-state index contributed by atoms with van der Waals surface area (Å²) in [6.45, 7) is 3.68. The molecule has 2 aromatic rings. The van der Waals surface area contributed by atoms with Gasteiger partial charge in [0.1, 0.15) is 5.75 Å². The Morgan fingerprint density at radius 3 is 2.59 bits per heavy atom. The lowest BCUT2D eigenvalue weighted by atomic mass is 10.1. The second-order valence-electron chi connectivity index (χ2n) is 4.87. The van der Waals surface area contributed by atoms with Crippen LogP contribution < -0.4 is 10.1 Å². The van der Waals surface area contributed by atoms with Gasteiger partial charge in [0.2, 0.25) is 0 Å². The zero-order valence-electron chi connectivity index (χ0n) is 12.4. The van der Waals surface area contributed by atoms with Crippen LogP contribution in [0, 0.1) is 0 Å². The molecule has 3 nitrogen and oxygen atoms in total. The van der Waals surface area contributed by atoms with Crippen LogP contribution in [0.1, 0.15) is 24.2 Å². The molecule has 1 atom stereocenters. The van der Waals surface area contributed by atoms with Gasteiger partial charge in [0.25, 0.3) is 0 Å². The molecule has 0 fully saturated rings. The fourth-order valence-electron chi connectivity index (χ4n) is 2.19. The normalized spacial score (nSPS) is 12.2. The number of aliphatic hydroxyl groups is 1. The van der Waals surface area contributed by atoms with E-state index in [4.69, 9.17) is 4.74 Å². The molecular formula is C17H19Br2NO2. The average molecular weight is 429 g/mol. The van der Waals surface area contributed by atoms with Gasteiger partial charge in [-0.1, -0.05) is 46.3 Å². The third-order valence-corrected chi connectivity index (χ3v) is 4.26. The van der Waals surface area contributed by atoms with Gasteiger partial charge < -0.3 is 15.2 Å². The molecule has 5 heteroatoms. The van der Waals surface area contributed by atoms with Gasteiger partial charge in [0.15, 0.2) is 0 Å². The van der Waals surface area contributed by atoms with Gasteiger partial charge >= 0.3 is 0 Å². The van der Waals surface area contributed by atoms with Gasteiger partial charge in [-0.3, -0.25) is 0 Å². The summed E-state index contributed by atoms with van der Waals surface area (Å²) in [7, 11) is 0. The molecule has 0 saturated heterocycles. The van der Waals surface area contributed by atoms with Crippen molar-refractivity contribution in [3.05, 3.63) is 62.5 Å². The lowest BCUT2D eigenvalue weighted by Gasteiger charge is -2.16. The maximum absolute atomic E-state index is 10.2. The van der Waals surface area contributed by atoms with Gasteiger partial charge in [-0.15, -0.1) is 0 Å². The van der Waals surface area contributed by atoms with E-state index in [0.717, 1.165) is 25.8 Å². The molecule has 0 spiro atoms. The highest BCUT2D eigenvalue weighted by atomic mass is 79.9. The largest absolute Gasteiger partial charge is 0.492 e. The summed E-state index contributed by atoms with van der Waals surface area (Å²) in [4.78, 5) is 0. The molecule has 0 aliphatic rings. The summed E-state index contributed by atoms with van der Waals surface area (Å²) in [5.74, 6) is 0.840. The average Bonchev–Trinajstić information content (AvgIpc) is 2.51. The monoisotopic (exact) mass is 427 g/mol. The van der Waals surface area contributed by atoms with Crippen molar-refractivity contribution in [3.8, 4) is 5.75 Å². The van der Waals surface area contributed by atoms with Gasteiger partial charge in [0, 0.05) is 23.1 Å². The molecule has 22 heavy (non-hydrogen) atoms. The van der Waals surface area contributed by atoms with E-state index in [-0.39, 0.29) is 0 Å². The van der Waals surface area contributed by atoms with Crippen LogP contribution in [0.5, 0.6) is 5.75 Å². The second-order valence-corrected chi connectivity index (χ2v) is 6.64. The first-order chi connectivity index (χ1) is 10.6. The van der Waals surface area contributed by atoms with E-state index in [1.54, 1.807) is 0 Å². The molecule has 0 heterocycles. The SMILES string of the molecule is CCOc1c(Br)cc(Br)cc1CNC[C@H](O)c1ccccc1. The van der Waals surface area contributed by atoms with Crippen LogP contribution in [-0.2, 0) is 6.54 Å². The first kappa shape index (κ1) is 17.5. The van der Waals surface area contributed by atoms with Crippen LogP contribution in [0.25, 0.3) is 0 Å². The fraction of sp³-hybridized carbons (Fsp3) is 0.294. The van der Waals surface area contributed by atoms with E-state index in [9.17, 15) is 5.11 Å². The minimum Gasteiger partial charge on any atom is -0.492 e. The van der Waals surface area contributed by atoms with Crippen LogP contribution in [-0.4, -0.2) is 18.3 Å². The molecule has 0 saturated carbocycles. The van der Waals surface area contributed by atoms with E-state index >= 15 is 0 Å². The molecule has 0 amide bonds. The van der Waals surface area contributed by atoms with Crippen LogP contribution in [0.2, 0.25) is 0 Å². The number of hydrogen-bond donors (Lipinski definition) is 2. The van der Waals surface area contributed by atoms with E-state index < -0.39 is 6.10 Å². The highest BCUT2D eigenvalue weighted by Crippen LogP contribution is 2.33. The molecule has 2 N–H and O–H groups in total. The van der Waals surface area contributed by atoms with Gasteiger partial charge in [-0.25, -0.2) is 0 Å². The Balaban J connectivity index is 1.99. The van der Waals surface area contributed by atoms with Crippen molar-refractivity contribution in [2.24, 2.45) is 0 Å². The Morgan fingerprint density at radius 2 is 1.91 bits per heavy atom. The van der Waals surface area contributed by atoms with Crippen molar-refractivity contribution in [1.29, 1.82) is 0 Å². The van der Waals surface area contributed by atoms with Crippen molar-refractivity contribution in [2.45, 2.75) is 19.6 Å². The van der Waals surface area contributed by atoms with Crippen LogP contribution in [0.3, 0.4) is 0 Å². The smallest absolute Gasteiger partial charge is 0.138 e. The lowest BCUT2D eigenvalue weighted by molar-refractivity contribution is 0.174. The lowest BCUT2D eigenvalue weighted by Crippen LogP contribution is -2.21. The summed E-state index contributed by atoms with van der Waals surface area (Å²) >= 11 is 7.02. The Morgan fingerprint density at radius 1 is 1.18 bits per heavy atom. The zero-order chi connectivity index (χ0) is 15.9. The van der Waals surface area contributed by atoms with E-state index in [1.165, 1.54) is 0 Å².